The van der Waals surface area contributed by atoms with Crippen LogP contribution in [0.15, 0.2) is 24.3 Å². The quantitative estimate of drug-likeness (QED) is 0.888. The molecule has 1 aromatic carbocycles. The number of nitrogens with zero attached hydrogens (tertiary/aromatic N) is 1. The van der Waals surface area contributed by atoms with Gasteiger partial charge < -0.3 is 20.7 Å². The summed E-state index contributed by atoms with van der Waals surface area (Å²) in [5.41, 5.74) is 6.81. The van der Waals surface area contributed by atoms with E-state index in [0.29, 0.717) is 38.2 Å². The van der Waals surface area contributed by atoms with E-state index in [2.05, 4.69) is 5.32 Å². The predicted octanol–water partition coefficient (Wildman–Crippen LogP) is 1.65. The van der Waals surface area contributed by atoms with Crippen LogP contribution in [0.1, 0.15) is 32.1 Å². The van der Waals surface area contributed by atoms with Crippen molar-refractivity contribution in [3.8, 4) is 0 Å². The van der Waals surface area contributed by atoms with Crippen LogP contribution in [0.5, 0.6) is 0 Å². The van der Waals surface area contributed by atoms with Crippen LogP contribution in [0.2, 0.25) is 0 Å². The van der Waals surface area contributed by atoms with E-state index in [0.717, 1.165) is 25.1 Å². The van der Waals surface area contributed by atoms with Gasteiger partial charge in [-0.2, -0.15) is 0 Å². The van der Waals surface area contributed by atoms with Gasteiger partial charge in [-0.25, -0.2) is 0 Å². The van der Waals surface area contributed by atoms with Crippen molar-refractivity contribution in [2.24, 2.45) is 5.73 Å². The lowest BCUT2D eigenvalue weighted by Gasteiger charge is -2.32. The molecule has 2 saturated heterocycles. The van der Waals surface area contributed by atoms with Crippen LogP contribution >= 0.6 is 0 Å². The number of benzene rings is 1. The zero-order chi connectivity index (χ0) is 16.3. The van der Waals surface area contributed by atoms with Gasteiger partial charge in [-0.1, -0.05) is 6.07 Å². The van der Waals surface area contributed by atoms with Gasteiger partial charge in [-0.15, -0.1) is 0 Å². The van der Waals surface area contributed by atoms with Gasteiger partial charge in [0.1, 0.15) is 5.54 Å². The molecule has 0 saturated carbocycles. The van der Waals surface area contributed by atoms with E-state index in [4.69, 9.17) is 10.5 Å². The highest BCUT2D eigenvalue weighted by molar-refractivity contribution is 5.99. The number of nitrogens with one attached hydrogen (secondary N) is 1. The molecule has 2 aliphatic heterocycles. The number of ether oxygens (including phenoxy) is 1. The molecule has 6 nitrogen and oxygen atoms in total. The minimum Gasteiger partial charge on any atom is -0.381 e. The van der Waals surface area contributed by atoms with Crippen molar-refractivity contribution >= 4 is 23.2 Å². The number of hydrogen-bond donors (Lipinski definition) is 2. The molecule has 2 amide bonds. The van der Waals surface area contributed by atoms with E-state index >= 15 is 0 Å². The number of anilines is 2. The second kappa shape index (κ2) is 6.68. The Morgan fingerprint density at radius 1 is 1.26 bits per heavy atom. The molecule has 0 unspecified atom stereocenters. The molecular formula is C17H23N3O3. The fourth-order valence-electron chi connectivity index (χ4n) is 3.05. The third-order valence-corrected chi connectivity index (χ3v) is 4.58. The van der Waals surface area contributed by atoms with Gasteiger partial charge in [0.15, 0.2) is 0 Å². The summed E-state index contributed by atoms with van der Waals surface area (Å²) in [7, 11) is 0. The first kappa shape index (κ1) is 16.0. The number of amides is 2. The fourth-order valence-corrected chi connectivity index (χ4v) is 3.05. The van der Waals surface area contributed by atoms with E-state index in [1.54, 1.807) is 4.90 Å². The van der Waals surface area contributed by atoms with Crippen LogP contribution in [0.3, 0.4) is 0 Å². The number of hydrogen-bond acceptors (Lipinski definition) is 4. The summed E-state index contributed by atoms with van der Waals surface area (Å²) in [4.78, 5) is 26.3. The van der Waals surface area contributed by atoms with Crippen molar-refractivity contribution in [2.45, 2.75) is 37.6 Å². The maximum absolute atomic E-state index is 12.5. The van der Waals surface area contributed by atoms with Crippen molar-refractivity contribution in [1.29, 1.82) is 0 Å². The Labute approximate surface area is 136 Å². The molecule has 0 atom stereocenters. The van der Waals surface area contributed by atoms with Gasteiger partial charge >= 0.3 is 0 Å². The van der Waals surface area contributed by atoms with Gasteiger partial charge in [0.05, 0.1) is 0 Å². The normalized spacial score (nSPS) is 21.1. The number of rotatable bonds is 3. The molecular weight excluding hydrogens is 294 g/mol. The van der Waals surface area contributed by atoms with Crippen molar-refractivity contribution < 1.29 is 14.3 Å². The zero-order valence-electron chi connectivity index (χ0n) is 13.2. The molecule has 6 heteroatoms. The summed E-state index contributed by atoms with van der Waals surface area (Å²) in [5, 5.41) is 2.89. The fraction of sp³-hybridized carbons (Fsp3) is 0.529. The monoisotopic (exact) mass is 317 g/mol. The van der Waals surface area contributed by atoms with Crippen molar-refractivity contribution in [3.63, 3.8) is 0 Å². The van der Waals surface area contributed by atoms with Gasteiger partial charge in [-0.3, -0.25) is 9.59 Å². The van der Waals surface area contributed by atoms with Crippen LogP contribution in [-0.4, -0.2) is 37.1 Å². The Morgan fingerprint density at radius 3 is 2.78 bits per heavy atom. The second-order valence-electron chi connectivity index (χ2n) is 6.28. The van der Waals surface area contributed by atoms with E-state index in [9.17, 15) is 9.59 Å². The average Bonchev–Trinajstić information content (AvgIpc) is 2.56. The molecule has 2 heterocycles. The Kier molecular flexibility index (Phi) is 4.63. The standard InChI is InChI=1S/C17H23N3O3/c18-17(7-10-23-11-8-17)16(22)19-13-4-3-5-14(12-13)20-9-2-1-6-15(20)21/h3-5,12H,1-2,6-11,18H2,(H,19,22). The number of carbonyl (C=O) groups excluding carboxylic acids is 2. The lowest BCUT2D eigenvalue weighted by Crippen LogP contribution is -2.54. The zero-order valence-corrected chi connectivity index (χ0v) is 13.2. The third kappa shape index (κ3) is 3.54. The SMILES string of the molecule is NC1(C(=O)Nc2cccc(N3CCCCC3=O)c2)CCOCC1. The van der Waals surface area contributed by atoms with E-state index in [1.807, 2.05) is 24.3 Å². The lowest BCUT2D eigenvalue weighted by atomic mass is 9.90. The first-order chi connectivity index (χ1) is 11.1. The summed E-state index contributed by atoms with van der Waals surface area (Å²) < 4.78 is 5.27. The minimum absolute atomic E-state index is 0.138. The molecule has 0 aliphatic carbocycles. The Balaban J connectivity index is 1.72. The maximum atomic E-state index is 12.5. The number of piperidine rings is 1. The van der Waals surface area contributed by atoms with Crippen molar-refractivity contribution in [1.82, 2.24) is 0 Å². The molecule has 0 radical (unpaired) electrons. The molecule has 0 bridgehead atoms. The molecule has 1 aromatic rings. The lowest BCUT2D eigenvalue weighted by molar-refractivity contribution is -0.124. The number of nitrogens with two attached hydrogens (primary N) is 1. The van der Waals surface area contributed by atoms with Crippen molar-refractivity contribution in [3.05, 3.63) is 24.3 Å². The Morgan fingerprint density at radius 2 is 2.04 bits per heavy atom. The van der Waals surface area contributed by atoms with Crippen LogP contribution in [0.4, 0.5) is 11.4 Å². The van der Waals surface area contributed by atoms with Gasteiger partial charge in [0.25, 0.3) is 0 Å². The maximum Gasteiger partial charge on any atom is 0.244 e. The van der Waals surface area contributed by atoms with Crippen LogP contribution in [0, 0.1) is 0 Å². The van der Waals surface area contributed by atoms with Crippen molar-refractivity contribution in [2.75, 3.05) is 30.0 Å². The number of carbonyl (C=O) groups is 2. The van der Waals surface area contributed by atoms with Crippen LogP contribution in [-0.2, 0) is 14.3 Å². The Bertz CT molecular complexity index is 597. The van der Waals surface area contributed by atoms with Gasteiger partial charge in [0, 0.05) is 37.6 Å². The molecule has 0 aromatic heterocycles. The second-order valence-corrected chi connectivity index (χ2v) is 6.28. The first-order valence-corrected chi connectivity index (χ1v) is 8.17. The first-order valence-electron chi connectivity index (χ1n) is 8.17. The molecule has 3 rings (SSSR count). The highest BCUT2D eigenvalue weighted by Crippen LogP contribution is 2.25. The van der Waals surface area contributed by atoms with E-state index < -0.39 is 5.54 Å². The molecule has 23 heavy (non-hydrogen) atoms. The largest absolute Gasteiger partial charge is 0.381 e. The molecule has 3 N–H and O–H groups in total. The summed E-state index contributed by atoms with van der Waals surface area (Å²) in [6.45, 7) is 1.74. The summed E-state index contributed by atoms with van der Waals surface area (Å²) in [5.74, 6) is -0.0534. The highest BCUT2D eigenvalue weighted by Gasteiger charge is 2.36. The third-order valence-electron chi connectivity index (χ3n) is 4.58. The summed E-state index contributed by atoms with van der Waals surface area (Å²) in [6.07, 6.45) is 3.58. The van der Waals surface area contributed by atoms with Gasteiger partial charge in [0.2, 0.25) is 11.8 Å². The molecule has 124 valence electrons. The topological polar surface area (TPSA) is 84.7 Å². The van der Waals surface area contributed by atoms with Crippen LogP contribution in [0.25, 0.3) is 0 Å². The summed E-state index contributed by atoms with van der Waals surface area (Å²) in [6, 6.07) is 7.40. The summed E-state index contributed by atoms with van der Waals surface area (Å²) >= 11 is 0. The molecule has 0 spiro atoms. The van der Waals surface area contributed by atoms with Gasteiger partial charge in [-0.05, 0) is 43.9 Å². The molecule has 2 fully saturated rings. The highest BCUT2D eigenvalue weighted by atomic mass is 16.5. The Hall–Kier alpha value is -1.92. The molecule has 2 aliphatic rings. The van der Waals surface area contributed by atoms with E-state index in [-0.39, 0.29) is 11.8 Å². The van der Waals surface area contributed by atoms with E-state index in [1.165, 1.54) is 0 Å². The average molecular weight is 317 g/mol. The van der Waals surface area contributed by atoms with Crippen LogP contribution < -0.4 is 16.0 Å². The predicted molar refractivity (Wildman–Crippen MR) is 88.2 cm³/mol. The smallest absolute Gasteiger partial charge is 0.244 e. The minimum atomic E-state index is -0.880.